The van der Waals surface area contributed by atoms with Crippen molar-refractivity contribution in [3.05, 3.63) is 63.7 Å². The molecule has 2 aromatic heterocycles. The molecular weight excluding hydrogens is 413 g/mol. The third-order valence-corrected chi connectivity index (χ3v) is 4.22. The Morgan fingerprint density at radius 2 is 2.24 bits per heavy atom. The van der Waals surface area contributed by atoms with Gasteiger partial charge in [0.1, 0.15) is 16.9 Å². The van der Waals surface area contributed by atoms with E-state index in [-0.39, 0.29) is 17.5 Å². The second-order valence-corrected chi connectivity index (χ2v) is 6.78. The predicted molar refractivity (Wildman–Crippen MR) is 96.0 cm³/mol. The second-order valence-electron chi connectivity index (χ2n) is 5.46. The van der Waals surface area contributed by atoms with Crippen LogP contribution in [0.15, 0.2) is 47.3 Å². The van der Waals surface area contributed by atoms with Crippen LogP contribution in [0.4, 0.5) is 10.2 Å². The van der Waals surface area contributed by atoms with E-state index < -0.39 is 6.04 Å². The smallest absolute Gasteiger partial charge is 0.250 e. The van der Waals surface area contributed by atoms with Gasteiger partial charge in [-0.25, -0.2) is 4.39 Å². The Bertz CT molecular complexity index is 910. The number of amides is 1. The minimum atomic E-state index is -0.532. The van der Waals surface area contributed by atoms with Crippen molar-refractivity contribution in [3.8, 4) is 0 Å². The molecule has 130 valence electrons. The molecule has 0 aliphatic carbocycles. The lowest BCUT2D eigenvalue weighted by atomic mass is 10.2. The maximum Gasteiger partial charge on any atom is 0.250 e. The van der Waals surface area contributed by atoms with Crippen molar-refractivity contribution in [1.82, 2.24) is 19.6 Å². The number of benzene rings is 1. The molecule has 0 aliphatic rings. The number of carbonyl (C=O) groups excluding carboxylic acids is 1. The topological polar surface area (TPSA) is 64.7 Å². The van der Waals surface area contributed by atoms with E-state index in [0.29, 0.717) is 11.6 Å². The Labute approximate surface area is 156 Å². The first-order chi connectivity index (χ1) is 11.9. The monoisotopic (exact) mass is 425 g/mol. The fourth-order valence-corrected chi connectivity index (χ4v) is 2.75. The van der Waals surface area contributed by atoms with Crippen LogP contribution in [0.2, 0.25) is 5.02 Å². The van der Waals surface area contributed by atoms with Crippen LogP contribution in [-0.4, -0.2) is 25.5 Å². The van der Waals surface area contributed by atoms with Gasteiger partial charge in [-0.05, 0) is 40.5 Å². The third kappa shape index (κ3) is 4.26. The van der Waals surface area contributed by atoms with Gasteiger partial charge >= 0.3 is 0 Å². The van der Waals surface area contributed by atoms with Crippen LogP contribution in [0, 0.1) is 5.82 Å². The molecule has 1 unspecified atom stereocenters. The zero-order valence-electron chi connectivity index (χ0n) is 13.2. The Hall–Kier alpha value is -2.19. The third-order valence-electron chi connectivity index (χ3n) is 3.54. The molecule has 0 fully saturated rings. The van der Waals surface area contributed by atoms with E-state index in [9.17, 15) is 9.18 Å². The largest absolute Gasteiger partial charge is 0.306 e. The predicted octanol–water partition coefficient (Wildman–Crippen LogP) is 3.88. The number of nitrogens with one attached hydrogen (secondary N) is 1. The number of hydrogen-bond acceptors (Lipinski definition) is 3. The molecule has 9 heteroatoms. The van der Waals surface area contributed by atoms with Crippen LogP contribution in [0.1, 0.15) is 18.5 Å². The van der Waals surface area contributed by atoms with E-state index in [2.05, 4.69) is 31.4 Å². The van der Waals surface area contributed by atoms with Crippen LogP contribution in [0.25, 0.3) is 0 Å². The van der Waals surface area contributed by atoms with Crippen molar-refractivity contribution < 1.29 is 9.18 Å². The second kappa shape index (κ2) is 7.37. The Balaban J connectivity index is 1.71. The van der Waals surface area contributed by atoms with Crippen molar-refractivity contribution >= 4 is 39.3 Å². The van der Waals surface area contributed by atoms with Gasteiger partial charge in [0, 0.05) is 12.4 Å². The highest BCUT2D eigenvalue weighted by Crippen LogP contribution is 2.22. The molecule has 0 spiro atoms. The Morgan fingerprint density at radius 1 is 1.44 bits per heavy atom. The zero-order valence-corrected chi connectivity index (χ0v) is 15.5. The maximum absolute atomic E-state index is 13.3. The normalized spacial score (nSPS) is 12.2. The van der Waals surface area contributed by atoms with Gasteiger partial charge in [-0.15, -0.1) is 0 Å². The van der Waals surface area contributed by atoms with Gasteiger partial charge < -0.3 is 5.32 Å². The van der Waals surface area contributed by atoms with Gasteiger partial charge in [-0.3, -0.25) is 14.2 Å². The Kier molecular flexibility index (Phi) is 5.19. The van der Waals surface area contributed by atoms with E-state index in [1.54, 1.807) is 42.3 Å². The summed E-state index contributed by atoms with van der Waals surface area (Å²) in [6, 6.07) is 5.68. The molecule has 3 aromatic rings. The number of nitrogens with zero attached hydrogens (tertiary/aromatic N) is 4. The first kappa shape index (κ1) is 17.6. The quantitative estimate of drug-likeness (QED) is 0.673. The van der Waals surface area contributed by atoms with Crippen LogP contribution in [0.5, 0.6) is 0 Å². The van der Waals surface area contributed by atoms with Gasteiger partial charge in [-0.2, -0.15) is 10.2 Å². The average Bonchev–Trinajstić information content (AvgIpc) is 3.13. The van der Waals surface area contributed by atoms with Crippen LogP contribution in [-0.2, 0) is 11.3 Å². The zero-order chi connectivity index (χ0) is 18.0. The molecule has 25 heavy (non-hydrogen) atoms. The van der Waals surface area contributed by atoms with Gasteiger partial charge in [0.15, 0.2) is 5.82 Å². The maximum atomic E-state index is 13.3. The van der Waals surface area contributed by atoms with Gasteiger partial charge in [-0.1, -0.05) is 23.7 Å². The molecule has 1 aromatic carbocycles. The summed E-state index contributed by atoms with van der Waals surface area (Å²) in [7, 11) is 0. The summed E-state index contributed by atoms with van der Waals surface area (Å²) in [5.41, 5.74) is 0.742. The summed E-state index contributed by atoms with van der Waals surface area (Å²) in [5.74, 6) is -0.363. The van der Waals surface area contributed by atoms with E-state index in [0.717, 1.165) is 10.0 Å². The van der Waals surface area contributed by atoms with Crippen LogP contribution < -0.4 is 5.32 Å². The van der Waals surface area contributed by atoms with Gasteiger partial charge in [0.2, 0.25) is 5.91 Å². The number of rotatable bonds is 5. The molecule has 2 heterocycles. The van der Waals surface area contributed by atoms with E-state index in [4.69, 9.17) is 11.6 Å². The molecular formula is C16H14BrClFN5O. The summed E-state index contributed by atoms with van der Waals surface area (Å²) in [5, 5.41) is 11.3. The lowest BCUT2D eigenvalue weighted by Gasteiger charge is -2.11. The summed E-state index contributed by atoms with van der Waals surface area (Å²) in [6.45, 7) is 2.06. The van der Waals surface area contributed by atoms with E-state index in [1.807, 2.05) is 0 Å². The SMILES string of the molecule is CC(C(=O)Nc1nn(Cc2cccc(F)c2)cc1Cl)n1cc(Br)cn1. The highest BCUT2D eigenvalue weighted by molar-refractivity contribution is 9.10. The average molecular weight is 427 g/mol. The molecule has 0 aliphatic heterocycles. The summed E-state index contributed by atoms with van der Waals surface area (Å²) >= 11 is 9.43. The van der Waals surface area contributed by atoms with Crippen molar-refractivity contribution in [2.75, 3.05) is 5.32 Å². The highest BCUT2D eigenvalue weighted by Gasteiger charge is 2.19. The molecule has 0 saturated carbocycles. The lowest BCUT2D eigenvalue weighted by Crippen LogP contribution is -2.24. The minimum Gasteiger partial charge on any atom is -0.306 e. The van der Waals surface area contributed by atoms with Crippen molar-refractivity contribution in [3.63, 3.8) is 0 Å². The minimum absolute atomic E-state index is 0.251. The summed E-state index contributed by atoms with van der Waals surface area (Å²) < 4.78 is 17.1. The fraction of sp³-hybridized carbons (Fsp3) is 0.188. The number of aromatic nitrogens is 4. The van der Waals surface area contributed by atoms with Crippen molar-refractivity contribution in [2.45, 2.75) is 19.5 Å². The lowest BCUT2D eigenvalue weighted by molar-refractivity contribution is -0.119. The van der Waals surface area contributed by atoms with Gasteiger partial charge in [0.05, 0.1) is 17.2 Å². The molecule has 1 atom stereocenters. The van der Waals surface area contributed by atoms with Crippen molar-refractivity contribution in [1.29, 1.82) is 0 Å². The number of hydrogen-bond donors (Lipinski definition) is 1. The number of anilines is 1. The highest BCUT2D eigenvalue weighted by atomic mass is 79.9. The molecule has 0 bridgehead atoms. The summed E-state index contributed by atoms with van der Waals surface area (Å²) in [6.07, 6.45) is 4.89. The van der Waals surface area contributed by atoms with E-state index in [1.165, 1.54) is 16.8 Å². The molecule has 1 N–H and O–H groups in total. The van der Waals surface area contributed by atoms with Gasteiger partial charge in [0.25, 0.3) is 0 Å². The Morgan fingerprint density at radius 3 is 2.92 bits per heavy atom. The molecule has 0 saturated heterocycles. The molecule has 3 rings (SSSR count). The van der Waals surface area contributed by atoms with Crippen LogP contribution in [0.3, 0.4) is 0 Å². The van der Waals surface area contributed by atoms with Crippen LogP contribution >= 0.6 is 27.5 Å². The number of halogens is 3. The first-order valence-corrected chi connectivity index (χ1v) is 8.57. The molecule has 0 radical (unpaired) electrons. The summed E-state index contributed by atoms with van der Waals surface area (Å²) in [4.78, 5) is 12.3. The number of carbonyl (C=O) groups is 1. The first-order valence-electron chi connectivity index (χ1n) is 7.40. The standard InChI is InChI=1S/C16H14BrClFN5O/c1-10(24-8-12(17)6-20-24)16(25)21-15-14(18)9-23(22-15)7-11-3-2-4-13(19)5-11/h2-6,8-10H,7H2,1H3,(H,21,22,25). The van der Waals surface area contributed by atoms with E-state index >= 15 is 0 Å². The fourth-order valence-electron chi connectivity index (χ4n) is 2.25. The molecule has 1 amide bonds. The molecule has 6 nitrogen and oxygen atoms in total. The van der Waals surface area contributed by atoms with Crippen molar-refractivity contribution in [2.24, 2.45) is 0 Å².